The highest BCUT2D eigenvalue weighted by molar-refractivity contribution is 7.89. The van der Waals surface area contributed by atoms with E-state index in [1.165, 1.54) is 40.7 Å². The number of anilines is 1. The van der Waals surface area contributed by atoms with Crippen molar-refractivity contribution in [3.63, 3.8) is 0 Å². The number of piperazine rings is 1. The molecule has 1 unspecified atom stereocenters. The van der Waals surface area contributed by atoms with Crippen molar-refractivity contribution >= 4 is 21.6 Å². The number of nitrogens with zero attached hydrogens (tertiary/aromatic N) is 2. The van der Waals surface area contributed by atoms with Crippen LogP contribution in [0, 0.1) is 11.6 Å². The Kier molecular flexibility index (Phi) is 6.07. The molecule has 6 nitrogen and oxygen atoms in total. The summed E-state index contributed by atoms with van der Waals surface area (Å²) in [6.07, 6.45) is 0. The van der Waals surface area contributed by atoms with E-state index in [9.17, 15) is 22.0 Å². The van der Waals surface area contributed by atoms with Crippen LogP contribution < -0.4 is 5.32 Å². The highest BCUT2D eigenvalue weighted by atomic mass is 32.2. The first kappa shape index (κ1) is 20.4. The fourth-order valence-electron chi connectivity index (χ4n) is 3.07. The van der Waals surface area contributed by atoms with Crippen LogP contribution >= 0.6 is 0 Å². The molecule has 2 aromatic rings. The lowest BCUT2D eigenvalue weighted by Crippen LogP contribution is -2.53. The van der Waals surface area contributed by atoms with E-state index in [1.54, 1.807) is 13.0 Å². The van der Waals surface area contributed by atoms with Crippen molar-refractivity contribution < 1.29 is 22.0 Å². The summed E-state index contributed by atoms with van der Waals surface area (Å²) in [6, 6.07) is 10.2. The molecule has 0 saturated carbocycles. The Labute approximate surface area is 162 Å². The Balaban J connectivity index is 1.61. The monoisotopic (exact) mass is 409 g/mol. The van der Waals surface area contributed by atoms with Crippen LogP contribution in [0.1, 0.15) is 6.92 Å². The van der Waals surface area contributed by atoms with Gasteiger partial charge in [-0.25, -0.2) is 17.2 Å². The molecule has 0 aliphatic carbocycles. The molecule has 1 atom stereocenters. The average Bonchev–Trinajstić information content (AvgIpc) is 2.69. The Hall–Kier alpha value is -2.36. The summed E-state index contributed by atoms with van der Waals surface area (Å²) in [4.78, 5) is 14.1. The number of halogens is 2. The van der Waals surface area contributed by atoms with Gasteiger partial charge in [0.1, 0.15) is 11.6 Å². The van der Waals surface area contributed by atoms with Gasteiger partial charge in [0.2, 0.25) is 15.9 Å². The molecule has 0 aromatic heterocycles. The van der Waals surface area contributed by atoms with Gasteiger partial charge < -0.3 is 5.32 Å². The van der Waals surface area contributed by atoms with Crippen LogP contribution in [-0.2, 0) is 14.8 Å². The number of nitrogens with one attached hydrogen (secondary N) is 1. The number of benzene rings is 2. The zero-order valence-electron chi connectivity index (χ0n) is 15.3. The number of amides is 1. The van der Waals surface area contributed by atoms with Gasteiger partial charge >= 0.3 is 0 Å². The second-order valence-electron chi connectivity index (χ2n) is 6.54. The van der Waals surface area contributed by atoms with E-state index < -0.39 is 27.7 Å². The molecule has 28 heavy (non-hydrogen) atoms. The summed E-state index contributed by atoms with van der Waals surface area (Å²) < 4.78 is 53.6. The largest absolute Gasteiger partial charge is 0.322 e. The van der Waals surface area contributed by atoms with Crippen LogP contribution in [0.3, 0.4) is 0 Å². The Morgan fingerprint density at radius 2 is 1.71 bits per heavy atom. The van der Waals surface area contributed by atoms with Crippen LogP contribution in [0.4, 0.5) is 14.5 Å². The van der Waals surface area contributed by atoms with Gasteiger partial charge in [0.15, 0.2) is 0 Å². The van der Waals surface area contributed by atoms with Crippen LogP contribution in [-0.4, -0.2) is 55.8 Å². The zero-order chi connectivity index (χ0) is 20.3. The first-order valence-corrected chi connectivity index (χ1v) is 10.3. The zero-order valence-corrected chi connectivity index (χ0v) is 16.1. The van der Waals surface area contributed by atoms with Crippen LogP contribution in [0.15, 0.2) is 53.4 Å². The second kappa shape index (κ2) is 8.34. The van der Waals surface area contributed by atoms with Crippen LogP contribution in [0.5, 0.6) is 0 Å². The lowest BCUT2D eigenvalue weighted by molar-refractivity contribution is -0.121. The molecule has 1 heterocycles. The quantitative estimate of drug-likeness (QED) is 0.823. The molecule has 9 heteroatoms. The molecule has 150 valence electrons. The van der Waals surface area contributed by atoms with E-state index >= 15 is 0 Å². The van der Waals surface area contributed by atoms with Gasteiger partial charge in [0.05, 0.1) is 16.6 Å². The van der Waals surface area contributed by atoms with E-state index in [0.29, 0.717) is 13.1 Å². The van der Waals surface area contributed by atoms with E-state index in [4.69, 9.17) is 0 Å². The van der Waals surface area contributed by atoms with Crippen molar-refractivity contribution in [3.8, 4) is 0 Å². The molecule has 0 radical (unpaired) electrons. The first-order chi connectivity index (χ1) is 13.3. The lowest BCUT2D eigenvalue weighted by Gasteiger charge is -2.36. The Morgan fingerprint density at radius 3 is 2.36 bits per heavy atom. The summed E-state index contributed by atoms with van der Waals surface area (Å²) >= 11 is 0. The number of carbonyl (C=O) groups excluding carboxylic acids is 1. The molecule has 0 spiro atoms. The second-order valence-corrected chi connectivity index (χ2v) is 8.48. The summed E-state index contributed by atoms with van der Waals surface area (Å²) in [5.74, 6) is -1.50. The molecule has 3 rings (SSSR count). The maximum atomic E-state index is 13.7. The summed E-state index contributed by atoms with van der Waals surface area (Å²) in [5.41, 5.74) is 0.103. The van der Waals surface area contributed by atoms with E-state index in [1.807, 2.05) is 4.90 Å². The fourth-order valence-corrected chi connectivity index (χ4v) is 4.53. The van der Waals surface area contributed by atoms with E-state index in [-0.39, 0.29) is 29.6 Å². The van der Waals surface area contributed by atoms with Crippen molar-refractivity contribution in [2.75, 3.05) is 31.5 Å². The third kappa shape index (κ3) is 4.37. The van der Waals surface area contributed by atoms with Crippen LogP contribution in [0.25, 0.3) is 0 Å². The minimum absolute atomic E-state index is 0.0914. The molecule has 1 N–H and O–H groups in total. The number of hydrogen-bond donors (Lipinski definition) is 1. The van der Waals surface area contributed by atoms with Crippen molar-refractivity contribution in [3.05, 3.63) is 60.2 Å². The standard InChI is InChI=1S/C19H21F2N3O3S/c1-14(19(25)22-18-8-3-2-7-17(18)21)23-9-11-24(12-10-23)28(26,27)16-6-4-5-15(20)13-16/h2-8,13-14H,9-12H2,1H3,(H,22,25). The van der Waals surface area contributed by atoms with Crippen LogP contribution in [0.2, 0.25) is 0 Å². The van der Waals surface area contributed by atoms with E-state index in [2.05, 4.69) is 5.32 Å². The summed E-state index contributed by atoms with van der Waals surface area (Å²) in [6.45, 7) is 2.71. The lowest BCUT2D eigenvalue weighted by atomic mass is 10.2. The minimum atomic E-state index is -3.79. The van der Waals surface area contributed by atoms with E-state index in [0.717, 1.165) is 6.07 Å². The van der Waals surface area contributed by atoms with Crippen molar-refractivity contribution in [1.82, 2.24) is 9.21 Å². The average molecular weight is 409 g/mol. The van der Waals surface area contributed by atoms with Crippen molar-refractivity contribution in [2.24, 2.45) is 0 Å². The normalized spacial score (nSPS) is 17.2. The van der Waals surface area contributed by atoms with Gasteiger partial charge in [0, 0.05) is 26.2 Å². The first-order valence-electron chi connectivity index (χ1n) is 8.84. The molecule has 1 fully saturated rings. The highest BCUT2D eigenvalue weighted by Gasteiger charge is 2.32. The van der Waals surface area contributed by atoms with Gasteiger partial charge in [-0.3, -0.25) is 9.69 Å². The molecule has 2 aromatic carbocycles. The van der Waals surface area contributed by atoms with Gasteiger partial charge in [-0.15, -0.1) is 0 Å². The third-order valence-corrected chi connectivity index (χ3v) is 6.66. The number of carbonyl (C=O) groups is 1. The van der Waals surface area contributed by atoms with Gasteiger partial charge in [-0.05, 0) is 37.3 Å². The molecule has 0 bridgehead atoms. The number of para-hydroxylation sites is 1. The minimum Gasteiger partial charge on any atom is -0.322 e. The molecular weight excluding hydrogens is 388 g/mol. The van der Waals surface area contributed by atoms with Gasteiger partial charge in [0.25, 0.3) is 0 Å². The third-order valence-electron chi connectivity index (χ3n) is 4.77. The smallest absolute Gasteiger partial charge is 0.243 e. The Bertz CT molecular complexity index is 960. The summed E-state index contributed by atoms with van der Waals surface area (Å²) in [5, 5.41) is 2.55. The molecule has 1 amide bonds. The van der Waals surface area contributed by atoms with Crippen molar-refractivity contribution in [2.45, 2.75) is 17.9 Å². The number of sulfonamides is 1. The topological polar surface area (TPSA) is 69.7 Å². The maximum Gasteiger partial charge on any atom is 0.243 e. The molecular formula is C19H21F2N3O3S. The van der Waals surface area contributed by atoms with Gasteiger partial charge in [-0.1, -0.05) is 18.2 Å². The molecule has 1 aliphatic heterocycles. The predicted molar refractivity (Wildman–Crippen MR) is 101 cm³/mol. The number of hydrogen-bond acceptors (Lipinski definition) is 4. The SMILES string of the molecule is CC(C(=O)Nc1ccccc1F)N1CCN(S(=O)(=O)c2cccc(F)c2)CC1. The maximum absolute atomic E-state index is 13.7. The number of rotatable bonds is 5. The van der Waals surface area contributed by atoms with Gasteiger partial charge in [-0.2, -0.15) is 4.31 Å². The molecule has 1 aliphatic rings. The van der Waals surface area contributed by atoms with Crippen molar-refractivity contribution in [1.29, 1.82) is 0 Å². The molecule has 1 saturated heterocycles. The predicted octanol–water partition coefficient (Wildman–Crippen LogP) is 2.30. The fraction of sp³-hybridized carbons (Fsp3) is 0.316. The Morgan fingerprint density at radius 1 is 1.04 bits per heavy atom. The summed E-state index contributed by atoms with van der Waals surface area (Å²) in [7, 11) is -3.79. The highest BCUT2D eigenvalue weighted by Crippen LogP contribution is 2.20.